The Bertz CT molecular complexity index is 400. The molecule has 5 N–H and O–H groups in total. The zero-order valence-corrected chi connectivity index (χ0v) is 12.6. The predicted octanol–water partition coefficient (Wildman–Crippen LogP) is -2.34. The largest absolute Gasteiger partial charge is 0.397 e. The van der Waals surface area contributed by atoms with Crippen molar-refractivity contribution >= 4 is 21.3 Å². The van der Waals surface area contributed by atoms with Gasteiger partial charge in [-0.2, -0.15) is 8.42 Å². The molecule has 1 rings (SSSR count). The van der Waals surface area contributed by atoms with E-state index in [9.17, 15) is 28.8 Å². The fraction of sp³-hybridized carbons (Fsp3) is 1.00. The molecule has 0 aliphatic carbocycles. The molecule has 1 heterocycles. The van der Waals surface area contributed by atoms with Crippen molar-refractivity contribution in [3.63, 3.8) is 0 Å². The fourth-order valence-electron chi connectivity index (χ4n) is 2.18. The zero-order chi connectivity index (χ0) is 15.5. The van der Waals surface area contributed by atoms with Crippen molar-refractivity contribution in [1.29, 1.82) is 0 Å². The summed E-state index contributed by atoms with van der Waals surface area (Å²) in [6, 6.07) is 0. The average molecular weight is 333 g/mol. The number of aliphatic hydroxyl groups is 4. The highest BCUT2D eigenvalue weighted by molar-refractivity contribution is 7.97. The van der Waals surface area contributed by atoms with Gasteiger partial charge in [0.2, 0.25) is 0 Å². The summed E-state index contributed by atoms with van der Waals surface area (Å²) in [7, 11) is -5.32. The van der Waals surface area contributed by atoms with Gasteiger partial charge in [0.05, 0.1) is 6.61 Å². The van der Waals surface area contributed by atoms with E-state index in [0.29, 0.717) is 0 Å². The lowest BCUT2D eigenvalue weighted by Gasteiger charge is -2.20. The first-order valence-corrected chi connectivity index (χ1v) is 9.15. The summed E-state index contributed by atoms with van der Waals surface area (Å²) < 4.78 is 34.4. The molecule has 0 aromatic rings. The van der Waals surface area contributed by atoms with Crippen LogP contribution in [0.4, 0.5) is 0 Å². The van der Waals surface area contributed by atoms with Crippen LogP contribution >= 0.6 is 0 Å². The average Bonchev–Trinajstić information content (AvgIpc) is 2.60. The Morgan fingerprint density at radius 3 is 2.45 bits per heavy atom. The minimum Gasteiger partial charge on any atom is -0.391 e. The van der Waals surface area contributed by atoms with Crippen molar-refractivity contribution in [3.8, 4) is 0 Å². The second-order valence-corrected chi connectivity index (χ2v) is 8.08. The molecule has 20 heavy (non-hydrogen) atoms. The normalized spacial score (nSPS) is 34.1. The maximum atomic E-state index is 10.7. The second kappa shape index (κ2) is 7.36. The molecule has 1 aliphatic heterocycles. The zero-order valence-electron chi connectivity index (χ0n) is 11.0. The third-order valence-corrected chi connectivity index (χ3v) is 6.54. The van der Waals surface area contributed by atoms with Crippen LogP contribution in [0.3, 0.4) is 0 Å². The molecule has 0 spiro atoms. The van der Waals surface area contributed by atoms with E-state index >= 15 is 0 Å². The van der Waals surface area contributed by atoms with Crippen molar-refractivity contribution in [2.75, 3.05) is 18.1 Å². The Balaban J connectivity index is 2.66. The number of hydrogen-bond acceptors (Lipinski definition) is 7. The molecule has 0 amide bonds. The molecule has 8 nitrogen and oxygen atoms in total. The highest BCUT2D eigenvalue weighted by Gasteiger charge is 2.50. The molecule has 0 saturated carbocycles. The van der Waals surface area contributed by atoms with E-state index in [-0.39, 0.29) is 24.5 Å². The van der Waals surface area contributed by atoms with Crippen LogP contribution in [0.5, 0.6) is 0 Å². The standard InChI is InChI=1S/C10H20O8S2/c1-2-8(18-20(15,16)17)6(12)4-19-5-7(13)10(14)9(19)3-11/h6-14H,2-5H2,1H3/p+1/t6-,7-,8+,9-,10+,19+/m1/s1. The van der Waals surface area contributed by atoms with E-state index < -0.39 is 51.0 Å². The van der Waals surface area contributed by atoms with Gasteiger partial charge >= 0.3 is 10.4 Å². The van der Waals surface area contributed by atoms with Gasteiger partial charge in [0.15, 0.2) is 5.25 Å². The van der Waals surface area contributed by atoms with Crippen LogP contribution in [0.2, 0.25) is 0 Å². The highest BCUT2D eigenvalue weighted by atomic mass is 32.3. The smallest absolute Gasteiger partial charge is 0.391 e. The second-order valence-electron chi connectivity index (χ2n) is 4.69. The SMILES string of the molecule is CC[C@H](OS(=O)(=O)O)[C@H](O)C[S@@+]1C[C@@H](O)[C@H](O)[C@H]1CO. The van der Waals surface area contributed by atoms with Crippen molar-refractivity contribution in [2.24, 2.45) is 0 Å². The third-order valence-electron chi connectivity index (χ3n) is 3.23. The third kappa shape index (κ3) is 4.81. The summed E-state index contributed by atoms with van der Waals surface area (Å²) in [5.41, 5.74) is 0. The van der Waals surface area contributed by atoms with E-state index in [2.05, 4.69) is 4.18 Å². The summed E-state index contributed by atoms with van der Waals surface area (Å²) in [6.45, 7) is 1.26. The van der Waals surface area contributed by atoms with Gasteiger partial charge in [0.1, 0.15) is 35.9 Å². The topological polar surface area (TPSA) is 145 Å². The van der Waals surface area contributed by atoms with E-state index in [1.54, 1.807) is 6.92 Å². The van der Waals surface area contributed by atoms with Crippen LogP contribution in [0.25, 0.3) is 0 Å². The molecule has 0 radical (unpaired) electrons. The first kappa shape index (κ1) is 18.1. The summed E-state index contributed by atoms with van der Waals surface area (Å²) in [4.78, 5) is 0. The van der Waals surface area contributed by atoms with Gasteiger partial charge in [-0.3, -0.25) is 4.55 Å². The molecule has 0 bridgehead atoms. The highest BCUT2D eigenvalue weighted by Crippen LogP contribution is 2.25. The Hall–Kier alpha value is 0.0600. The Kier molecular flexibility index (Phi) is 6.67. The summed E-state index contributed by atoms with van der Waals surface area (Å²) >= 11 is 0. The van der Waals surface area contributed by atoms with Crippen molar-refractivity contribution < 1.29 is 37.6 Å². The predicted molar refractivity (Wildman–Crippen MR) is 72.7 cm³/mol. The minimum atomic E-state index is -4.66. The van der Waals surface area contributed by atoms with E-state index in [0.717, 1.165) is 0 Å². The van der Waals surface area contributed by atoms with Crippen LogP contribution in [0, 0.1) is 0 Å². The summed E-state index contributed by atoms with van der Waals surface area (Å²) in [6.07, 6.45) is -4.15. The molecule has 1 fully saturated rings. The monoisotopic (exact) mass is 333 g/mol. The first-order valence-electron chi connectivity index (χ1n) is 6.16. The number of aliphatic hydroxyl groups excluding tert-OH is 4. The Morgan fingerprint density at radius 1 is 1.40 bits per heavy atom. The Labute approximate surface area is 120 Å². The van der Waals surface area contributed by atoms with Crippen molar-refractivity contribution in [2.45, 2.75) is 43.0 Å². The lowest BCUT2D eigenvalue weighted by Crippen LogP contribution is -2.41. The maximum Gasteiger partial charge on any atom is 0.397 e. The lowest BCUT2D eigenvalue weighted by atomic mass is 10.2. The minimum absolute atomic E-state index is 0.0768. The van der Waals surface area contributed by atoms with Crippen LogP contribution in [-0.2, 0) is 25.5 Å². The molecular formula is C10H21O8S2+. The number of hydrogen-bond donors (Lipinski definition) is 5. The molecule has 6 atom stereocenters. The van der Waals surface area contributed by atoms with Gasteiger partial charge in [-0.25, -0.2) is 4.18 Å². The van der Waals surface area contributed by atoms with Crippen LogP contribution in [0.15, 0.2) is 0 Å². The maximum absolute atomic E-state index is 10.7. The molecular weight excluding hydrogens is 312 g/mol. The molecule has 0 unspecified atom stereocenters. The van der Waals surface area contributed by atoms with Crippen molar-refractivity contribution in [3.05, 3.63) is 0 Å². The van der Waals surface area contributed by atoms with Gasteiger partial charge in [0.25, 0.3) is 0 Å². The van der Waals surface area contributed by atoms with Gasteiger partial charge in [-0.05, 0) is 6.42 Å². The van der Waals surface area contributed by atoms with Crippen LogP contribution in [-0.4, -0.2) is 81.2 Å². The van der Waals surface area contributed by atoms with Gasteiger partial charge in [-0.1, -0.05) is 6.92 Å². The molecule has 10 heteroatoms. The fourth-order valence-corrected chi connectivity index (χ4v) is 5.46. The summed E-state index contributed by atoms with van der Waals surface area (Å²) in [5.74, 6) is 0.305. The van der Waals surface area contributed by atoms with E-state index in [1.165, 1.54) is 0 Å². The molecule has 1 aliphatic rings. The summed E-state index contributed by atoms with van der Waals surface area (Å²) in [5, 5.41) is 37.9. The van der Waals surface area contributed by atoms with Gasteiger partial charge in [0, 0.05) is 10.9 Å². The first-order chi connectivity index (χ1) is 9.19. The van der Waals surface area contributed by atoms with Crippen LogP contribution in [0.1, 0.15) is 13.3 Å². The molecule has 0 aromatic heterocycles. The number of rotatable bonds is 7. The van der Waals surface area contributed by atoms with E-state index in [1.807, 2.05) is 0 Å². The molecule has 120 valence electrons. The van der Waals surface area contributed by atoms with E-state index in [4.69, 9.17) is 4.55 Å². The Morgan fingerprint density at radius 2 is 2.00 bits per heavy atom. The quantitative estimate of drug-likeness (QED) is 0.257. The van der Waals surface area contributed by atoms with Gasteiger partial charge < -0.3 is 20.4 Å². The van der Waals surface area contributed by atoms with Gasteiger partial charge in [-0.15, -0.1) is 0 Å². The van der Waals surface area contributed by atoms with Crippen LogP contribution < -0.4 is 0 Å². The van der Waals surface area contributed by atoms with Crippen molar-refractivity contribution in [1.82, 2.24) is 0 Å². The molecule has 0 aromatic carbocycles. The lowest BCUT2D eigenvalue weighted by molar-refractivity contribution is 0.0323. The molecule has 1 saturated heterocycles.